The van der Waals surface area contributed by atoms with Gasteiger partial charge < -0.3 is 19.5 Å². The molecule has 0 unspecified atom stereocenters. The van der Waals surface area contributed by atoms with Crippen molar-refractivity contribution in [2.45, 2.75) is 25.4 Å². The van der Waals surface area contributed by atoms with Crippen LogP contribution in [-0.4, -0.2) is 42.9 Å². The lowest BCUT2D eigenvalue weighted by Crippen LogP contribution is -2.44. The first-order valence-electron chi connectivity index (χ1n) is 11.3. The summed E-state index contributed by atoms with van der Waals surface area (Å²) < 4.78 is 5.38. The summed E-state index contributed by atoms with van der Waals surface area (Å²) in [5.74, 6) is 0.636. The first-order valence-corrected chi connectivity index (χ1v) is 11.3. The Balaban J connectivity index is 1.34. The fourth-order valence-electron chi connectivity index (χ4n) is 4.09. The van der Waals surface area contributed by atoms with Crippen LogP contribution >= 0.6 is 0 Å². The van der Waals surface area contributed by atoms with Gasteiger partial charge in [0.15, 0.2) is 0 Å². The number of hydrogen-bond donors (Lipinski definition) is 1. The lowest BCUT2D eigenvalue weighted by molar-refractivity contribution is -0.117. The van der Waals surface area contributed by atoms with Crippen LogP contribution in [0.1, 0.15) is 34.5 Å². The van der Waals surface area contributed by atoms with E-state index < -0.39 is 0 Å². The Morgan fingerprint density at radius 1 is 1.03 bits per heavy atom. The van der Waals surface area contributed by atoms with E-state index in [0.29, 0.717) is 12.1 Å². The molecule has 2 aromatic carbocycles. The summed E-state index contributed by atoms with van der Waals surface area (Å²) in [6.07, 6.45) is 6.68. The van der Waals surface area contributed by atoms with E-state index in [9.17, 15) is 9.59 Å². The van der Waals surface area contributed by atoms with E-state index in [1.807, 2.05) is 72.8 Å². The van der Waals surface area contributed by atoms with Gasteiger partial charge in [0.1, 0.15) is 5.76 Å². The number of hydrogen-bond acceptors (Lipinski definition) is 4. The van der Waals surface area contributed by atoms with Crippen LogP contribution < -0.4 is 10.2 Å². The van der Waals surface area contributed by atoms with Crippen molar-refractivity contribution in [2.24, 2.45) is 0 Å². The van der Waals surface area contributed by atoms with Crippen molar-refractivity contribution in [2.75, 3.05) is 25.0 Å². The van der Waals surface area contributed by atoms with Crippen molar-refractivity contribution in [3.05, 3.63) is 96.0 Å². The van der Waals surface area contributed by atoms with Crippen LogP contribution in [0.3, 0.4) is 0 Å². The third-order valence-corrected chi connectivity index (χ3v) is 5.86. The Labute approximate surface area is 194 Å². The monoisotopic (exact) mass is 443 g/mol. The molecule has 0 saturated carbocycles. The summed E-state index contributed by atoms with van der Waals surface area (Å²) in [7, 11) is 1.78. The highest BCUT2D eigenvalue weighted by molar-refractivity contribution is 5.99. The highest BCUT2D eigenvalue weighted by Gasteiger charge is 2.24. The molecule has 3 aromatic rings. The first-order chi connectivity index (χ1) is 16.1. The molecule has 6 heteroatoms. The maximum Gasteiger partial charge on any atom is 0.256 e. The van der Waals surface area contributed by atoms with Crippen LogP contribution in [0.5, 0.6) is 0 Å². The van der Waals surface area contributed by atoms with E-state index in [1.54, 1.807) is 24.3 Å². The van der Waals surface area contributed by atoms with Crippen LogP contribution in [0.4, 0.5) is 5.69 Å². The van der Waals surface area contributed by atoms with Crippen molar-refractivity contribution < 1.29 is 14.0 Å². The van der Waals surface area contributed by atoms with Gasteiger partial charge in [0.25, 0.3) is 5.91 Å². The molecule has 4 rings (SSSR count). The molecule has 0 spiro atoms. The molecule has 2 heterocycles. The summed E-state index contributed by atoms with van der Waals surface area (Å²) in [5.41, 5.74) is 2.61. The van der Waals surface area contributed by atoms with Crippen molar-refractivity contribution in [3.8, 4) is 0 Å². The van der Waals surface area contributed by atoms with Crippen molar-refractivity contribution in [1.82, 2.24) is 10.2 Å². The van der Waals surface area contributed by atoms with Crippen LogP contribution in [0.15, 0.2) is 83.5 Å². The summed E-state index contributed by atoms with van der Waals surface area (Å²) in [6.45, 7) is 1.98. The minimum atomic E-state index is -0.0765. The molecule has 0 aliphatic carbocycles. The number of amides is 2. The molecule has 1 aliphatic rings. The molecule has 1 N–H and O–H groups in total. The third-order valence-electron chi connectivity index (χ3n) is 5.86. The highest BCUT2D eigenvalue weighted by atomic mass is 16.3. The van der Waals surface area contributed by atoms with Gasteiger partial charge in [0.2, 0.25) is 5.91 Å². The number of anilines is 1. The van der Waals surface area contributed by atoms with Crippen LogP contribution in [0.25, 0.3) is 6.08 Å². The van der Waals surface area contributed by atoms with Gasteiger partial charge in [-0.15, -0.1) is 0 Å². The number of piperidine rings is 1. The van der Waals surface area contributed by atoms with Gasteiger partial charge in [-0.1, -0.05) is 42.5 Å². The van der Waals surface area contributed by atoms with E-state index in [1.165, 1.54) is 0 Å². The molecular formula is C27H29N3O3. The zero-order valence-electron chi connectivity index (χ0n) is 18.8. The molecule has 1 aromatic heterocycles. The molecule has 170 valence electrons. The molecule has 0 bridgehead atoms. The minimum Gasteiger partial charge on any atom is -0.467 e. The largest absolute Gasteiger partial charge is 0.467 e. The predicted octanol–water partition coefficient (Wildman–Crippen LogP) is 4.35. The van der Waals surface area contributed by atoms with Gasteiger partial charge in [-0.05, 0) is 48.7 Å². The lowest BCUT2D eigenvalue weighted by atomic mass is 10.0. The highest BCUT2D eigenvalue weighted by Crippen LogP contribution is 2.26. The third kappa shape index (κ3) is 5.92. The van der Waals surface area contributed by atoms with E-state index in [4.69, 9.17) is 4.42 Å². The number of nitrogens with one attached hydrogen (secondary N) is 1. The second-order valence-corrected chi connectivity index (χ2v) is 8.27. The quantitative estimate of drug-likeness (QED) is 0.552. The fourth-order valence-corrected chi connectivity index (χ4v) is 4.09. The molecule has 1 saturated heterocycles. The lowest BCUT2D eigenvalue weighted by Gasteiger charge is -2.35. The number of rotatable bonds is 7. The maximum atomic E-state index is 13.1. The second-order valence-electron chi connectivity index (χ2n) is 8.27. The molecule has 1 aliphatic heterocycles. The maximum absolute atomic E-state index is 13.1. The van der Waals surface area contributed by atoms with Crippen molar-refractivity contribution >= 4 is 23.6 Å². The molecule has 1 fully saturated rings. The average Bonchev–Trinajstić information content (AvgIpc) is 3.36. The number of benzene rings is 2. The standard InChI is InChI=1S/C27H29N3O3/c1-29(20-23-10-7-19-33-23)27(32)24-11-5-6-12-25(24)30-17-15-22(16-18-30)28-26(31)14-13-21-8-3-2-4-9-21/h2-14,19,22H,15-18,20H2,1H3,(H,28,31)/b14-13+. The van der Waals surface area contributed by atoms with Crippen LogP contribution in [0.2, 0.25) is 0 Å². The van der Waals surface area contributed by atoms with Gasteiger partial charge in [-0.3, -0.25) is 9.59 Å². The van der Waals surface area contributed by atoms with E-state index in [2.05, 4.69) is 10.2 Å². The molecule has 2 amide bonds. The van der Waals surface area contributed by atoms with E-state index >= 15 is 0 Å². The van der Waals surface area contributed by atoms with Gasteiger partial charge in [0.05, 0.1) is 18.4 Å². The first kappa shape index (κ1) is 22.4. The normalized spacial score (nSPS) is 14.4. The summed E-state index contributed by atoms with van der Waals surface area (Å²) in [6, 6.07) is 21.3. The van der Waals surface area contributed by atoms with Gasteiger partial charge in [0, 0.05) is 37.9 Å². The zero-order chi connectivity index (χ0) is 23.0. The molecule has 33 heavy (non-hydrogen) atoms. The Morgan fingerprint density at radius 2 is 1.76 bits per heavy atom. The fraction of sp³-hybridized carbons (Fsp3) is 0.259. The average molecular weight is 444 g/mol. The molecular weight excluding hydrogens is 414 g/mol. The number of carbonyl (C=O) groups is 2. The van der Waals surface area contributed by atoms with Gasteiger partial charge >= 0.3 is 0 Å². The second kappa shape index (κ2) is 10.7. The Kier molecular flexibility index (Phi) is 7.25. The molecule has 0 atom stereocenters. The topological polar surface area (TPSA) is 65.8 Å². The smallest absolute Gasteiger partial charge is 0.256 e. The zero-order valence-corrected chi connectivity index (χ0v) is 18.8. The number of nitrogens with zero attached hydrogens (tertiary/aromatic N) is 2. The molecule has 6 nitrogen and oxygen atoms in total. The van der Waals surface area contributed by atoms with Gasteiger partial charge in [-0.2, -0.15) is 0 Å². The van der Waals surface area contributed by atoms with E-state index in [-0.39, 0.29) is 17.9 Å². The SMILES string of the molecule is CN(Cc1ccco1)C(=O)c1ccccc1N1CCC(NC(=O)/C=C/c2ccccc2)CC1. The Bertz CT molecular complexity index is 1080. The van der Waals surface area contributed by atoms with Crippen LogP contribution in [0, 0.1) is 0 Å². The van der Waals surface area contributed by atoms with Crippen molar-refractivity contribution in [1.29, 1.82) is 0 Å². The number of para-hydroxylation sites is 1. The summed E-state index contributed by atoms with van der Waals surface area (Å²) in [5, 5.41) is 3.10. The van der Waals surface area contributed by atoms with Crippen LogP contribution in [-0.2, 0) is 11.3 Å². The molecule has 0 radical (unpaired) electrons. The Hall–Kier alpha value is -3.80. The summed E-state index contributed by atoms with van der Waals surface area (Å²) >= 11 is 0. The number of carbonyl (C=O) groups excluding carboxylic acids is 2. The minimum absolute atomic E-state index is 0.0384. The van der Waals surface area contributed by atoms with E-state index in [0.717, 1.165) is 42.9 Å². The summed E-state index contributed by atoms with van der Waals surface area (Å²) in [4.78, 5) is 29.3. The predicted molar refractivity (Wildman–Crippen MR) is 130 cm³/mol. The van der Waals surface area contributed by atoms with Crippen molar-refractivity contribution in [3.63, 3.8) is 0 Å². The van der Waals surface area contributed by atoms with Gasteiger partial charge in [-0.25, -0.2) is 0 Å². The Morgan fingerprint density at radius 3 is 2.48 bits per heavy atom. The number of furan rings is 1.